The summed E-state index contributed by atoms with van der Waals surface area (Å²) in [5.41, 5.74) is 0. The minimum Gasteiger partial charge on any atom is -1.00 e. The van der Waals surface area contributed by atoms with Crippen LogP contribution in [0.15, 0.2) is 0 Å². The Bertz CT molecular complexity index is 13.7. The van der Waals surface area contributed by atoms with Crippen molar-refractivity contribution in [1.82, 2.24) is 0 Å². The molecule has 0 rings (SSSR count). The Labute approximate surface area is 98.1 Å². The summed E-state index contributed by atoms with van der Waals surface area (Å²) in [4.78, 5) is 0. The van der Waals surface area contributed by atoms with Crippen molar-refractivity contribution < 1.29 is 41.8 Å². The molecule has 0 aromatic rings. The van der Waals surface area contributed by atoms with Crippen LogP contribution < -0.4 is 0 Å². The molecule has 0 spiro atoms. The van der Waals surface area contributed by atoms with E-state index in [0.717, 1.165) is 0 Å². The summed E-state index contributed by atoms with van der Waals surface area (Å²) in [5.74, 6) is 0. The van der Waals surface area contributed by atoms with Crippen LogP contribution in [0, 0.1) is 0 Å². The smallest absolute Gasteiger partial charge is 1.00 e. The molecule has 0 aliphatic carbocycles. The Hall–Kier alpha value is 3.08. The van der Waals surface area contributed by atoms with Crippen LogP contribution in [0.3, 0.4) is 0 Å². The van der Waals surface area contributed by atoms with Crippen molar-refractivity contribution >= 4 is 57.8 Å². The van der Waals surface area contributed by atoms with Gasteiger partial charge in [-0.3, -0.25) is 0 Å². The van der Waals surface area contributed by atoms with Crippen molar-refractivity contribution in [3.63, 3.8) is 0 Å². The summed E-state index contributed by atoms with van der Waals surface area (Å²) in [6, 6.07) is 0. The molecular formula is H8Al2MgZn2. The summed E-state index contributed by atoms with van der Waals surface area (Å²) >= 11 is 0. The van der Waals surface area contributed by atoms with E-state index in [1.165, 1.54) is 0 Å². The van der Waals surface area contributed by atoms with Gasteiger partial charge >= 0.3 is 23.1 Å². The maximum absolute atomic E-state index is 0. The van der Waals surface area contributed by atoms with Crippen LogP contribution in [0.1, 0.15) is 2.85 Å². The summed E-state index contributed by atoms with van der Waals surface area (Å²) in [5, 5.41) is 0. The van der Waals surface area contributed by atoms with Gasteiger partial charge in [-0.1, -0.05) is 0 Å². The first-order valence-corrected chi connectivity index (χ1v) is 0. The van der Waals surface area contributed by atoms with Gasteiger partial charge in [0.1, 0.15) is 0 Å². The summed E-state index contributed by atoms with van der Waals surface area (Å²) < 4.78 is 0. The molecule has 0 fully saturated rings. The van der Waals surface area contributed by atoms with Crippen molar-refractivity contribution in [3.05, 3.63) is 0 Å². The van der Waals surface area contributed by atoms with Crippen molar-refractivity contribution in [2.45, 2.75) is 0 Å². The molecule has 20 valence electrons. The molecule has 0 aromatic heterocycles. The first-order valence-electron chi connectivity index (χ1n) is 0. The zero-order valence-corrected chi connectivity index (χ0v) is 9.47. The normalized spacial score (nSPS) is 0. The van der Waals surface area contributed by atoms with Crippen LogP contribution in [-0.2, 0) is 39.0 Å². The monoisotopic (exact) mass is 214 g/mol. The van der Waals surface area contributed by atoms with E-state index in [9.17, 15) is 0 Å². The van der Waals surface area contributed by atoms with Gasteiger partial charge in [0, 0.05) is 39.0 Å². The molecule has 0 amide bonds. The van der Waals surface area contributed by atoms with Gasteiger partial charge < -0.3 is 2.85 Å². The first-order chi connectivity index (χ1) is 0. The van der Waals surface area contributed by atoms with E-state index in [1.807, 2.05) is 0 Å². The van der Waals surface area contributed by atoms with E-state index in [2.05, 4.69) is 0 Å². The molecule has 0 N–H and O–H groups in total. The molecule has 0 unspecified atom stereocenters. The van der Waals surface area contributed by atoms with Crippen LogP contribution in [0.25, 0.3) is 0 Å². The van der Waals surface area contributed by atoms with Crippen molar-refractivity contribution in [2.24, 2.45) is 0 Å². The zero-order chi connectivity index (χ0) is 0. The molecule has 0 saturated heterocycles. The maximum atomic E-state index is 0. The van der Waals surface area contributed by atoms with Gasteiger partial charge in [-0.25, -0.2) is 0 Å². The fraction of sp³-hybridized carbons (Fsp3) is 0. The molecule has 0 aliphatic heterocycles. The van der Waals surface area contributed by atoms with E-state index < -0.39 is 0 Å². The molecule has 0 bridgehead atoms. The summed E-state index contributed by atoms with van der Waals surface area (Å²) in [6.07, 6.45) is 0. The van der Waals surface area contributed by atoms with Crippen LogP contribution in [0.5, 0.6) is 0 Å². The third kappa shape index (κ3) is 19.3. The molecule has 0 nitrogen and oxygen atoms in total. The Morgan fingerprint density at radius 2 is 0.800 bits per heavy atom. The van der Waals surface area contributed by atoms with E-state index in [-0.39, 0.29) is 99.6 Å². The summed E-state index contributed by atoms with van der Waals surface area (Å²) in [7, 11) is 0. The van der Waals surface area contributed by atoms with Gasteiger partial charge in [-0.05, 0) is 0 Å². The largest absolute Gasteiger partial charge is 2.00 e. The number of hydrogen-bond acceptors (Lipinski definition) is 0. The van der Waals surface area contributed by atoms with Gasteiger partial charge in [0.15, 0.2) is 34.7 Å². The molecule has 5 heavy (non-hydrogen) atoms. The Balaban J connectivity index is 0. The van der Waals surface area contributed by atoms with E-state index in [4.69, 9.17) is 0 Å². The van der Waals surface area contributed by atoms with Crippen LogP contribution >= 0.6 is 0 Å². The number of rotatable bonds is 0. The Kier molecular flexibility index (Phi) is 236. The molecule has 5 heteroatoms. The van der Waals surface area contributed by atoms with Gasteiger partial charge in [0.05, 0.1) is 0 Å². The average Bonchev–Trinajstić information content (AvgIpc) is 0. The molecule has 0 aromatic carbocycles. The van der Waals surface area contributed by atoms with Crippen LogP contribution in [0.4, 0.5) is 0 Å². The minimum absolute atomic E-state index is 0. The van der Waals surface area contributed by atoms with Gasteiger partial charge in [0.2, 0.25) is 0 Å². The van der Waals surface area contributed by atoms with Crippen molar-refractivity contribution in [2.75, 3.05) is 0 Å². The molecular weight excluding hydrogens is 209 g/mol. The second kappa shape index (κ2) is 27.6. The fourth-order valence-corrected chi connectivity index (χ4v) is 0. The van der Waals surface area contributed by atoms with Gasteiger partial charge in [0.25, 0.3) is 0 Å². The standard InChI is InChI=1S/2Al.Mg.2Zn.8H/q;;+2;;;;;;;;;2*-1. The SMILES string of the molecule is [AlH3].[AlH3].[H-].[H-].[Mg+2].[Zn].[Zn]. The second-order valence-electron chi connectivity index (χ2n) is 0. The van der Waals surface area contributed by atoms with Gasteiger partial charge in [-0.2, -0.15) is 0 Å². The van der Waals surface area contributed by atoms with E-state index >= 15 is 0 Å². The molecule has 0 atom stereocenters. The molecule has 0 saturated carbocycles. The van der Waals surface area contributed by atoms with Crippen LogP contribution in [-0.4, -0.2) is 57.8 Å². The Morgan fingerprint density at radius 1 is 0.800 bits per heavy atom. The third-order valence-corrected chi connectivity index (χ3v) is 0. The zero-order valence-electron chi connectivity index (χ0n) is 4.12. The quantitative estimate of drug-likeness (QED) is 0.393. The minimum atomic E-state index is 0. The maximum Gasteiger partial charge on any atom is 2.00 e. The van der Waals surface area contributed by atoms with E-state index in [1.54, 1.807) is 0 Å². The predicted octanol–water partition coefficient (Wildman–Crippen LogP) is -2.53. The second-order valence-corrected chi connectivity index (χ2v) is 0. The first kappa shape index (κ1) is 42.7. The molecule has 0 aliphatic rings. The Morgan fingerprint density at radius 3 is 0.800 bits per heavy atom. The topological polar surface area (TPSA) is 0 Å². The fourth-order valence-electron chi connectivity index (χ4n) is 0. The van der Waals surface area contributed by atoms with Crippen molar-refractivity contribution in [3.8, 4) is 0 Å². The predicted molar refractivity (Wildman–Crippen MR) is 27.9 cm³/mol. The van der Waals surface area contributed by atoms with Gasteiger partial charge in [-0.15, -0.1) is 0 Å². The van der Waals surface area contributed by atoms with Crippen molar-refractivity contribution in [1.29, 1.82) is 0 Å². The van der Waals surface area contributed by atoms with Crippen LogP contribution in [0.2, 0.25) is 0 Å². The average molecular weight is 217 g/mol. The number of hydrogen-bond donors (Lipinski definition) is 0. The van der Waals surface area contributed by atoms with E-state index in [0.29, 0.717) is 0 Å². The molecule has 0 heterocycles. The third-order valence-electron chi connectivity index (χ3n) is 0. The molecule has 0 radical (unpaired) electrons. The summed E-state index contributed by atoms with van der Waals surface area (Å²) in [6.45, 7) is 0.